The van der Waals surface area contributed by atoms with Crippen LogP contribution in [0.2, 0.25) is 0 Å². The molecule has 1 rings (SSSR count). The van der Waals surface area contributed by atoms with Gasteiger partial charge in [0.1, 0.15) is 11.6 Å². The second-order valence-corrected chi connectivity index (χ2v) is 8.36. The van der Waals surface area contributed by atoms with E-state index in [2.05, 4.69) is 5.32 Å². The molecule has 2 amide bonds. The van der Waals surface area contributed by atoms with Gasteiger partial charge in [-0.3, -0.25) is 9.59 Å². The van der Waals surface area contributed by atoms with Crippen LogP contribution in [-0.4, -0.2) is 74.0 Å². The molecule has 1 unspecified atom stereocenters. The number of rotatable bonds is 10. The third-order valence-electron chi connectivity index (χ3n) is 4.51. The van der Waals surface area contributed by atoms with Crippen molar-refractivity contribution in [2.45, 2.75) is 65.0 Å². The lowest BCUT2D eigenvalue weighted by atomic mass is 9.93. The summed E-state index contributed by atoms with van der Waals surface area (Å²) in [6.07, 6.45) is 2.75. The van der Waals surface area contributed by atoms with Crippen molar-refractivity contribution in [3.8, 4) is 0 Å². The Bertz CT molecular complexity index is 527. The quantitative estimate of drug-likeness (QED) is 0.409. The van der Waals surface area contributed by atoms with E-state index in [1.165, 1.54) is 6.92 Å². The van der Waals surface area contributed by atoms with Crippen LogP contribution in [0.3, 0.4) is 0 Å². The summed E-state index contributed by atoms with van der Waals surface area (Å²) in [5, 5.41) is 2.65. The molecule has 0 aromatic rings. The van der Waals surface area contributed by atoms with Crippen LogP contribution in [-0.2, 0) is 23.8 Å². The highest BCUT2D eigenvalue weighted by Crippen LogP contribution is 2.21. The predicted octanol–water partition coefficient (Wildman–Crippen LogP) is 1.44. The molecule has 1 heterocycles. The number of amides is 2. The first-order chi connectivity index (χ1) is 13.6. The topological polar surface area (TPSA) is 120 Å². The number of likely N-dealkylation sites (tertiary alicyclic amines) is 1. The lowest BCUT2D eigenvalue weighted by molar-refractivity contribution is -0.141. The second-order valence-electron chi connectivity index (χ2n) is 8.36. The summed E-state index contributed by atoms with van der Waals surface area (Å²) >= 11 is 0. The number of esters is 1. The third kappa shape index (κ3) is 11.7. The van der Waals surface area contributed by atoms with Gasteiger partial charge in [-0.05, 0) is 52.4 Å². The summed E-state index contributed by atoms with van der Waals surface area (Å²) < 4.78 is 15.6. The van der Waals surface area contributed by atoms with Crippen molar-refractivity contribution in [1.82, 2.24) is 10.2 Å². The van der Waals surface area contributed by atoms with Crippen LogP contribution in [0, 0.1) is 5.92 Å². The fourth-order valence-electron chi connectivity index (χ4n) is 3.01. The first-order valence-corrected chi connectivity index (χ1v) is 10.3. The summed E-state index contributed by atoms with van der Waals surface area (Å²) in [6, 6.07) is -0.689. The Morgan fingerprint density at radius 3 is 2.41 bits per heavy atom. The van der Waals surface area contributed by atoms with Gasteiger partial charge in [0.2, 0.25) is 5.91 Å². The summed E-state index contributed by atoms with van der Waals surface area (Å²) in [7, 11) is 0. The third-order valence-corrected chi connectivity index (χ3v) is 4.51. The van der Waals surface area contributed by atoms with Crippen molar-refractivity contribution in [1.29, 1.82) is 0 Å². The van der Waals surface area contributed by atoms with E-state index in [1.807, 2.05) is 0 Å². The van der Waals surface area contributed by atoms with Crippen LogP contribution in [0.4, 0.5) is 4.79 Å². The molecule has 0 saturated carbocycles. The first kappa shape index (κ1) is 25.2. The maximum atomic E-state index is 12.4. The molecule has 0 aromatic carbocycles. The molecule has 1 aliphatic heterocycles. The number of nitrogens with zero attached hydrogens (tertiary/aromatic N) is 1. The van der Waals surface area contributed by atoms with E-state index in [1.54, 1.807) is 25.7 Å². The summed E-state index contributed by atoms with van der Waals surface area (Å²) in [4.78, 5) is 36.5. The summed E-state index contributed by atoms with van der Waals surface area (Å²) in [6.45, 7) is 9.56. The molecule has 1 saturated heterocycles. The molecule has 0 aromatic heterocycles. The fraction of sp³-hybridized carbons (Fsp3) is 0.850. The van der Waals surface area contributed by atoms with Gasteiger partial charge in [0, 0.05) is 33.2 Å². The van der Waals surface area contributed by atoms with E-state index in [0.29, 0.717) is 45.2 Å². The zero-order valence-corrected chi connectivity index (χ0v) is 18.2. The van der Waals surface area contributed by atoms with Crippen LogP contribution >= 0.6 is 0 Å². The molecule has 3 N–H and O–H groups in total. The van der Waals surface area contributed by atoms with E-state index < -0.39 is 17.7 Å². The molecule has 1 atom stereocenters. The number of carbonyl (C=O) groups is 3. The Hall–Kier alpha value is -1.87. The maximum absolute atomic E-state index is 12.4. The minimum Gasteiger partial charge on any atom is -0.466 e. The Morgan fingerprint density at radius 1 is 1.17 bits per heavy atom. The maximum Gasteiger partial charge on any atom is 0.407 e. The zero-order chi connectivity index (χ0) is 21.9. The van der Waals surface area contributed by atoms with Gasteiger partial charge in [-0.1, -0.05) is 0 Å². The van der Waals surface area contributed by atoms with E-state index in [0.717, 1.165) is 19.3 Å². The van der Waals surface area contributed by atoms with Gasteiger partial charge in [-0.2, -0.15) is 0 Å². The molecule has 0 spiro atoms. The van der Waals surface area contributed by atoms with Gasteiger partial charge in [-0.15, -0.1) is 0 Å². The normalized spacial score (nSPS) is 16.2. The standard InChI is InChI=1S/C20H37N3O6/c1-15(24)28-13-8-16-6-10-23(11-7-16)18(25)17(21)14-27-12-5-9-22-19(26)29-20(2,3)4/h16-17H,5-14,21H2,1-4H3,(H,22,26). The van der Waals surface area contributed by atoms with Gasteiger partial charge < -0.3 is 30.2 Å². The van der Waals surface area contributed by atoms with Crippen LogP contribution in [0.1, 0.15) is 53.4 Å². The number of hydrogen-bond donors (Lipinski definition) is 2. The Balaban J connectivity index is 2.11. The molecular weight excluding hydrogens is 378 g/mol. The van der Waals surface area contributed by atoms with E-state index in [9.17, 15) is 14.4 Å². The number of nitrogens with two attached hydrogens (primary N) is 1. The van der Waals surface area contributed by atoms with Crippen LogP contribution in [0.15, 0.2) is 0 Å². The van der Waals surface area contributed by atoms with Gasteiger partial charge in [0.05, 0.1) is 13.2 Å². The number of piperidine rings is 1. The van der Waals surface area contributed by atoms with Gasteiger partial charge in [-0.25, -0.2) is 4.79 Å². The van der Waals surface area contributed by atoms with Crippen molar-refractivity contribution in [2.75, 3.05) is 39.5 Å². The average Bonchev–Trinajstić information content (AvgIpc) is 2.62. The Kier molecular flexibility index (Phi) is 11.0. The summed E-state index contributed by atoms with van der Waals surface area (Å²) in [5.74, 6) is 0.0999. The van der Waals surface area contributed by atoms with Gasteiger partial charge >= 0.3 is 12.1 Å². The van der Waals surface area contributed by atoms with Crippen LogP contribution in [0.25, 0.3) is 0 Å². The summed E-state index contributed by atoms with van der Waals surface area (Å²) in [5.41, 5.74) is 5.44. The van der Waals surface area contributed by atoms with Crippen LogP contribution < -0.4 is 11.1 Å². The lowest BCUT2D eigenvalue weighted by Crippen LogP contribution is -2.49. The molecule has 9 heteroatoms. The van der Waals surface area contributed by atoms with Crippen molar-refractivity contribution in [3.05, 3.63) is 0 Å². The number of ether oxygens (including phenoxy) is 3. The van der Waals surface area contributed by atoms with Gasteiger partial charge in [0.25, 0.3) is 0 Å². The van der Waals surface area contributed by atoms with E-state index >= 15 is 0 Å². The van der Waals surface area contributed by atoms with Crippen molar-refractivity contribution < 1.29 is 28.6 Å². The fourth-order valence-corrected chi connectivity index (χ4v) is 3.01. The molecule has 0 bridgehead atoms. The lowest BCUT2D eigenvalue weighted by Gasteiger charge is -2.33. The molecule has 29 heavy (non-hydrogen) atoms. The largest absolute Gasteiger partial charge is 0.466 e. The average molecular weight is 416 g/mol. The van der Waals surface area contributed by atoms with Crippen LogP contribution in [0.5, 0.6) is 0 Å². The molecule has 168 valence electrons. The van der Waals surface area contributed by atoms with Crippen molar-refractivity contribution in [3.63, 3.8) is 0 Å². The first-order valence-electron chi connectivity index (χ1n) is 10.3. The number of nitrogens with one attached hydrogen (secondary N) is 1. The SMILES string of the molecule is CC(=O)OCCC1CCN(C(=O)C(N)COCCCNC(=O)OC(C)(C)C)CC1. The highest BCUT2D eigenvalue weighted by Gasteiger charge is 2.26. The molecule has 1 fully saturated rings. The monoisotopic (exact) mass is 415 g/mol. The predicted molar refractivity (Wildman–Crippen MR) is 108 cm³/mol. The van der Waals surface area contributed by atoms with E-state index in [4.69, 9.17) is 19.9 Å². The van der Waals surface area contributed by atoms with Gasteiger partial charge in [0.15, 0.2) is 0 Å². The molecule has 0 radical (unpaired) electrons. The minimum absolute atomic E-state index is 0.102. The minimum atomic E-state index is -0.689. The Labute approximate surface area is 173 Å². The second kappa shape index (κ2) is 12.6. The highest BCUT2D eigenvalue weighted by molar-refractivity contribution is 5.81. The Morgan fingerprint density at radius 2 is 1.83 bits per heavy atom. The molecule has 1 aliphatic rings. The molecule has 0 aliphatic carbocycles. The zero-order valence-electron chi connectivity index (χ0n) is 18.2. The number of hydrogen-bond acceptors (Lipinski definition) is 7. The van der Waals surface area contributed by atoms with Crippen molar-refractivity contribution >= 4 is 18.0 Å². The smallest absolute Gasteiger partial charge is 0.407 e. The molecule has 9 nitrogen and oxygen atoms in total. The highest BCUT2D eigenvalue weighted by atomic mass is 16.6. The van der Waals surface area contributed by atoms with Crippen molar-refractivity contribution in [2.24, 2.45) is 11.7 Å². The van der Waals surface area contributed by atoms with E-state index in [-0.39, 0.29) is 18.5 Å². The number of alkyl carbamates (subject to hydrolysis) is 1. The number of carbonyl (C=O) groups excluding carboxylic acids is 3. The molecular formula is C20H37N3O6.